The van der Waals surface area contributed by atoms with Crippen molar-refractivity contribution in [3.05, 3.63) is 68.8 Å². The van der Waals surface area contributed by atoms with Gasteiger partial charge in [-0.3, -0.25) is 4.79 Å². The largest absolute Gasteiger partial charge is 0.416 e. The Morgan fingerprint density at radius 3 is 2.30 bits per heavy atom. The van der Waals surface area contributed by atoms with Crippen LogP contribution >= 0.6 is 22.6 Å². The van der Waals surface area contributed by atoms with Crippen molar-refractivity contribution in [2.24, 2.45) is 0 Å². The highest BCUT2D eigenvalue weighted by molar-refractivity contribution is 14.1. The molecule has 0 radical (unpaired) electrons. The lowest BCUT2D eigenvalue weighted by atomic mass is 10.0. The van der Waals surface area contributed by atoms with Gasteiger partial charge in [0.2, 0.25) is 0 Å². The van der Waals surface area contributed by atoms with Gasteiger partial charge in [0.05, 0.1) is 5.56 Å². The van der Waals surface area contributed by atoms with Gasteiger partial charge >= 0.3 is 6.18 Å². The van der Waals surface area contributed by atoms with E-state index in [-0.39, 0.29) is 17.8 Å². The highest BCUT2D eigenvalue weighted by Crippen LogP contribution is 2.29. The van der Waals surface area contributed by atoms with Gasteiger partial charge in [0.15, 0.2) is 5.78 Å². The molecule has 0 bridgehead atoms. The Kier molecular flexibility index (Phi) is 4.47. The molecule has 0 aromatic heterocycles. The summed E-state index contributed by atoms with van der Waals surface area (Å²) >= 11 is 2.14. The van der Waals surface area contributed by atoms with Crippen molar-refractivity contribution in [3.8, 4) is 0 Å². The van der Waals surface area contributed by atoms with Crippen molar-refractivity contribution < 1.29 is 18.0 Å². The van der Waals surface area contributed by atoms with Crippen molar-refractivity contribution in [1.82, 2.24) is 0 Å². The van der Waals surface area contributed by atoms with Crippen LogP contribution in [-0.2, 0) is 12.6 Å². The highest BCUT2D eigenvalue weighted by Gasteiger charge is 2.30. The van der Waals surface area contributed by atoms with E-state index in [9.17, 15) is 18.0 Å². The Morgan fingerprint density at radius 1 is 1.05 bits per heavy atom. The van der Waals surface area contributed by atoms with Crippen LogP contribution in [0, 0.1) is 3.57 Å². The van der Waals surface area contributed by atoms with Gasteiger partial charge in [0.1, 0.15) is 0 Å². The molecule has 0 aliphatic rings. The normalized spacial score (nSPS) is 11.4. The molecule has 0 aliphatic heterocycles. The summed E-state index contributed by atoms with van der Waals surface area (Å²) in [4.78, 5) is 12.0. The molecule has 2 aromatic rings. The van der Waals surface area contributed by atoms with Gasteiger partial charge in [0.25, 0.3) is 0 Å². The predicted molar refractivity (Wildman–Crippen MR) is 78.6 cm³/mol. The van der Waals surface area contributed by atoms with Crippen molar-refractivity contribution in [2.45, 2.75) is 12.6 Å². The van der Waals surface area contributed by atoms with Gasteiger partial charge in [-0.05, 0) is 52.4 Å². The maximum absolute atomic E-state index is 12.6. The number of rotatable bonds is 3. The van der Waals surface area contributed by atoms with Crippen LogP contribution in [0.2, 0.25) is 0 Å². The van der Waals surface area contributed by atoms with Crippen molar-refractivity contribution in [2.75, 3.05) is 0 Å². The first-order chi connectivity index (χ1) is 9.36. The lowest BCUT2D eigenvalue weighted by Crippen LogP contribution is -2.09. The summed E-state index contributed by atoms with van der Waals surface area (Å²) in [6.45, 7) is 0. The minimum atomic E-state index is -4.43. The zero-order valence-electron chi connectivity index (χ0n) is 10.2. The van der Waals surface area contributed by atoms with E-state index in [0.717, 1.165) is 21.3 Å². The minimum Gasteiger partial charge on any atom is -0.294 e. The van der Waals surface area contributed by atoms with Gasteiger partial charge in [-0.1, -0.05) is 24.3 Å². The predicted octanol–water partition coefficient (Wildman–Crippen LogP) is 4.74. The highest BCUT2D eigenvalue weighted by atomic mass is 127. The van der Waals surface area contributed by atoms with E-state index in [2.05, 4.69) is 22.6 Å². The smallest absolute Gasteiger partial charge is 0.294 e. The summed E-state index contributed by atoms with van der Waals surface area (Å²) in [5.41, 5.74) is 0.0668. The molecule has 0 aliphatic carbocycles. The van der Waals surface area contributed by atoms with Gasteiger partial charge in [-0.15, -0.1) is 0 Å². The van der Waals surface area contributed by atoms with Crippen LogP contribution in [-0.4, -0.2) is 5.78 Å². The van der Waals surface area contributed by atoms with Gasteiger partial charge in [-0.25, -0.2) is 0 Å². The quantitative estimate of drug-likeness (QED) is 0.547. The second kappa shape index (κ2) is 5.95. The molecule has 104 valence electrons. The standard InChI is InChI=1S/C15H10F3IO/c16-15(17,18)12-3-1-2-11(9-12)14(20)8-10-4-6-13(19)7-5-10/h1-7,9H,8H2. The number of carbonyl (C=O) groups excluding carboxylic acids is 1. The average Bonchev–Trinajstić information content (AvgIpc) is 2.40. The van der Waals surface area contributed by atoms with Crippen molar-refractivity contribution >= 4 is 28.4 Å². The van der Waals surface area contributed by atoms with Crippen LogP contribution in [0.1, 0.15) is 21.5 Å². The number of ketones is 1. The first kappa shape index (κ1) is 15.0. The van der Waals surface area contributed by atoms with E-state index in [1.54, 1.807) is 12.1 Å². The molecule has 1 nitrogen and oxygen atoms in total. The van der Waals surface area contributed by atoms with Crippen LogP contribution in [0.25, 0.3) is 0 Å². The Bertz CT molecular complexity index is 618. The van der Waals surface area contributed by atoms with E-state index < -0.39 is 11.7 Å². The van der Waals surface area contributed by atoms with Crippen LogP contribution in [0.4, 0.5) is 13.2 Å². The van der Waals surface area contributed by atoms with Crippen LogP contribution in [0.15, 0.2) is 48.5 Å². The molecule has 2 aromatic carbocycles. The molecule has 0 heterocycles. The molecule has 0 saturated carbocycles. The summed E-state index contributed by atoms with van der Waals surface area (Å²) in [6.07, 6.45) is -4.34. The third kappa shape index (κ3) is 3.82. The lowest BCUT2D eigenvalue weighted by Gasteiger charge is -2.08. The first-order valence-corrected chi connectivity index (χ1v) is 6.89. The third-order valence-electron chi connectivity index (χ3n) is 2.79. The third-order valence-corrected chi connectivity index (χ3v) is 3.51. The maximum atomic E-state index is 12.6. The molecule has 0 amide bonds. The average molecular weight is 390 g/mol. The van der Waals surface area contributed by atoms with E-state index in [0.29, 0.717) is 0 Å². The van der Waals surface area contributed by atoms with Crippen molar-refractivity contribution in [3.63, 3.8) is 0 Å². The second-order valence-electron chi connectivity index (χ2n) is 4.30. The molecule has 0 atom stereocenters. The first-order valence-electron chi connectivity index (χ1n) is 5.81. The van der Waals surface area contributed by atoms with Gasteiger partial charge in [0, 0.05) is 15.6 Å². The number of carbonyl (C=O) groups is 1. The fourth-order valence-corrected chi connectivity index (χ4v) is 2.12. The van der Waals surface area contributed by atoms with Crippen LogP contribution < -0.4 is 0 Å². The Hall–Kier alpha value is -1.37. The number of hydrogen-bond acceptors (Lipinski definition) is 1. The monoisotopic (exact) mass is 390 g/mol. The molecule has 0 unspecified atom stereocenters. The van der Waals surface area contributed by atoms with Crippen LogP contribution in [0.3, 0.4) is 0 Å². The molecule has 2 rings (SSSR count). The zero-order chi connectivity index (χ0) is 14.8. The molecular weight excluding hydrogens is 380 g/mol. The van der Waals surface area contributed by atoms with E-state index in [4.69, 9.17) is 0 Å². The zero-order valence-corrected chi connectivity index (χ0v) is 12.4. The number of Topliss-reactive ketones (excluding diaryl/α,β-unsaturated/α-hetero) is 1. The molecular formula is C15H10F3IO. The SMILES string of the molecule is O=C(Cc1ccc(I)cc1)c1cccc(C(F)(F)F)c1. The van der Waals surface area contributed by atoms with Gasteiger partial charge < -0.3 is 0 Å². The van der Waals surface area contributed by atoms with E-state index >= 15 is 0 Å². The van der Waals surface area contributed by atoms with Crippen molar-refractivity contribution in [1.29, 1.82) is 0 Å². The maximum Gasteiger partial charge on any atom is 0.416 e. The second-order valence-corrected chi connectivity index (χ2v) is 5.55. The minimum absolute atomic E-state index is 0.0818. The van der Waals surface area contributed by atoms with Crippen LogP contribution in [0.5, 0.6) is 0 Å². The summed E-state index contributed by atoms with van der Waals surface area (Å²) in [7, 11) is 0. The van der Waals surface area contributed by atoms with E-state index in [1.165, 1.54) is 12.1 Å². The Labute approximate surface area is 128 Å². The molecule has 0 saturated heterocycles. The Balaban J connectivity index is 2.19. The molecule has 20 heavy (non-hydrogen) atoms. The molecule has 0 fully saturated rings. The molecule has 0 spiro atoms. The number of alkyl halides is 3. The summed E-state index contributed by atoms with van der Waals surface area (Å²) in [5.74, 6) is -0.322. The summed E-state index contributed by atoms with van der Waals surface area (Å²) in [5, 5.41) is 0. The summed E-state index contributed by atoms with van der Waals surface area (Å²) < 4.78 is 38.8. The topological polar surface area (TPSA) is 17.1 Å². The number of benzene rings is 2. The molecule has 5 heteroatoms. The van der Waals surface area contributed by atoms with Gasteiger partial charge in [-0.2, -0.15) is 13.2 Å². The number of hydrogen-bond donors (Lipinski definition) is 0. The van der Waals surface area contributed by atoms with E-state index in [1.807, 2.05) is 12.1 Å². The fourth-order valence-electron chi connectivity index (χ4n) is 1.76. The number of halogens is 4. The fraction of sp³-hybridized carbons (Fsp3) is 0.133. The lowest BCUT2D eigenvalue weighted by molar-refractivity contribution is -0.137. The molecule has 0 N–H and O–H groups in total. The Morgan fingerprint density at radius 2 is 1.70 bits per heavy atom. The summed E-state index contributed by atoms with van der Waals surface area (Å²) in [6, 6.07) is 11.8.